The molecule has 13 heteroatoms. The van der Waals surface area contributed by atoms with Crippen LogP contribution >= 0.6 is 0 Å². The molecular weight excluding hydrogens is 642 g/mol. The van der Waals surface area contributed by atoms with Crippen molar-refractivity contribution in [3.8, 4) is 11.5 Å². The van der Waals surface area contributed by atoms with E-state index in [9.17, 15) is 19.2 Å². The molecule has 0 bridgehead atoms. The van der Waals surface area contributed by atoms with Gasteiger partial charge in [0.15, 0.2) is 17.6 Å². The van der Waals surface area contributed by atoms with E-state index in [0.717, 1.165) is 56.8 Å². The van der Waals surface area contributed by atoms with E-state index in [4.69, 9.17) is 18.9 Å². The number of nitrogens with one attached hydrogen (secondary N) is 1. The second kappa shape index (κ2) is 16.1. The lowest BCUT2D eigenvalue weighted by atomic mass is 10.0. The van der Waals surface area contributed by atoms with Gasteiger partial charge in [-0.25, -0.2) is 9.59 Å². The van der Waals surface area contributed by atoms with Gasteiger partial charge in [-0.1, -0.05) is 24.3 Å². The molecule has 0 aliphatic carbocycles. The molecule has 0 saturated carbocycles. The SMILES string of the molecule is COc1cc(C[C@@H](OC(=O)N2CCC(N3CCc4ccccc4NC3=O)CC2)C(=O)N2CCN(C3CCOCC3)CC2)cc(C)c1OC(C)=O. The zero-order valence-electron chi connectivity index (χ0n) is 29.4. The third-order valence-corrected chi connectivity index (χ3v) is 10.3. The van der Waals surface area contributed by atoms with Gasteiger partial charge in [-0.05, 0) is 67.9 Å². The molecule has 0 aromatic heterocycles. The molecule has 270 valence electrons. The van der Waals surface area contributed by atoms with Gasteiger partial charge in [0.05, 0.1) is 7.11 Å². The molecule has 2 aromatic rings. The number of piperidine rings is 1. The number of esters is 1. The summed E-state index contributed by atoms with van der Waals surface area (Å²) in [7, 11) is 1.49. The average Bonchev–Trinajstić information content (AvgIpc) is 3.30. The van der Waals surface area contributed by atoms with Crippen molar-refractivity contribution in [1.82, 2.24) is 19.6 Å². The minimum absolute atomic E-state index is 0.0102. The summed E-state index contributed by atoms with van der Waals surface area (Å²) in [5.74, 6) is -0.0223. The van der Waals surface area contributed by atoms with E-state index in [0.29, 0.717) is 74.2 Å². The van der Waals surface area contributed by atoms with Gasteiger partial charge in [0.2, 0.25) is 0 Å². The predicted octanol–water partition coefficient (Wildman–Crippen LogP) is 3.85. The van der Waals surface area contributed by atoms with Crippen molar-refractivity contribution in [3.63, 3.8) is 0 Å². The number of aryl methyl sites for hydroxylation is 1. The zero-order chi connectivity index (χ0) is 35.2. The van der Waals surface area contributed by atoms with E-state index >= 15 is 0 Å². The van der Waals surface area contributed by atoms with Crippen LogP contribution in [0.25, 0.3) is 0 Å². The van der Waals surface area contributed by atoms with E-state index in [1.165, 1.54) is 14.0 Å². The van der Waals surface area contributed by atoms with Crippen molar-refractivity contribution in [3.05, 3.63) is 53.1 Å². The number of fused-ring (bicyclic) bond motifs is 1. The maximum Gasteiger partial charge on any atom is 0.410 e. The van der Waals surface area contributed by atoms with Gasteiger partial charge in [0.25, 0.3) is 5.91 Å². The third kappa shape index (κ3) is 8.32. The van der Waals surface area contributed by atoms with Gasteiger partial charge in [-0.3, -0.25) is 14.5 Å². The van der Waals surface area contributed by atoms with Crippen LogP contribution in [0.5, 0.6) is 11.5 Å². The highest BCUT2D eigenvalue weighted by atomic mass is 16.6. The largest absolute Gasteiger partial charge is 0.493 e. The number of ether oxygens (including phenoxy) is 4. The molecule has 0 radical (unpaired) electrons. The minimum atomic E-state index is -1.06. The summed E-state index contributed by atoms with van der Waals surface area (Å²) >= 11 is 0. The van der Waals surface area contributed by atoms with Gasteiger partial charge in [0.1, 0.15) is 0 Å². The Kier molecular flexibility index (Phi) is 11.4. The van der Waals surface area contributed by atoms with Crippen molar-refractivity contribution in [2.45, 2.75) is 70.6 Å². The molecule has 4 heterocycles. The van der Waals surface area contributed by atoms with Crippen molar-refractivity contribution in [1.29, 1.82) is 0 Å². The van der Waals surface area contributed by atoms with Gasteiger partial charge in [-0.2, -0.15) is 0 Å². The summed E-state index contributed by atoms with van der Waals surface area (Å²) < 4.78 is 22.5. The average molecular weight is 692 g/mol. The number of hydrogen-bond donors (Lipinski definition) is 1. The number of carbonyl (C=O) groups excluding carboxylic acids is 4. The Bertz CT molecular complexity index is 1550. The number of para-hydroxylation sites is 1. The summed E-state index contributed by atoms with van der Waals surface area (Å²) in [6.45, 7) is 8.68. The first-order valence-electron chi connectivity index (χ1n) is 17.8. The van der Waals surface area contributed by atoms with Crippen LogP contribution in [0.1, 0.15) is 49.3 Å². The Labute approximate surface area is 293 Å². The van der Waals surface area contributed by atoms with Crippen LogP contribution in [0.3, 0.4) is 0 Å². The molecule has 3 saturated heterocycles. The van der Waals surface area contributed by atoms with Crippen LogP contribution in [-0.2, 0) is 31.9 Å². The number of methoxy groups -OCH3 is 1. The summed E-state index contributed by atoms with van der Waals surface area (Å²) in [5, 5.41) is 3.04. The lowest BCUT2D eigenvalue weighted by Gasteiger charge is -2.41. The first-order chi connectivity index (χ1) is 24.2. The number of hydrogen-bond acceptors (Lipinski definition) is 9. The molecule has 3 fully saturated rings. The van der Waals surface area contributed by atoms with Crippen LogP contribution < -0.4 is 14.8 Å². The summed E-state index contributed by atoms with van der Waals surface area (Å²) in [6, 6.07) is 11.7. The molecule has 0 spiro atoms. The van der Waals surface area contributed by atoms with Gasteiger partial charge in [0, 0.05) is 90.1 Å². The van der Waals surface area contributed by atoms with Gasteiger partial charge >= 0.3 is 18.1 Å². The first kappa shape index (κ1) is 35.5. The Morgan fingerprint density at radius 2 is 1.64 bits per heavy atom. The summed E-state index contributed by atoms with van der Waals surface area (Å²) in [4.78, 5) is 60.4. The molecule has 4 amide bonds. The number of carbonyl (C=O) groups is 4. The number of rotatable bonds is 8. The van der Waals surface area contributed by atoms with Gasteiger partial charge < -0.3 is 39.0 Å². The standard InChI is InChI=1S/C37H49N5O8/c1-25-22-27(23-32(47-3)34(25)49-26(2)43)24-33(35(44)40-18-16-39(17-19-40)29-11-20-48-21-12-29)50-37(46)41-13-9-30(10-14-41)42-15-8-28-6-4-5-7-31(28)38-36(42)45/h4-7,22-23,29-30,33H,8-21,24H2,1-3H3,(H,38,45)/t33-/m1/s1. The number of anilines is 1. The highest BCUT2D eigenvalue weighted by Gasteiger charge is 2.36. The Morgan fingerprint density at radius 3 is 2.34 bits per heavy atom. The van der Waals surface area contributed by atoms with Crippen LogP contribution in [0.4, 0.5) is 15.3 Å². The molecule has 50 heavy (non-hydrogen) atoms. The lowest BCUT2D eigenvalue weighted by molar-refractivity contribution is -0.143. The molecule has 0 unspecified atom stereocenters. The molecule has 4 aliphatic rings. The zero-order valence-corrected chi connectivity index (χ0v) is 29.4. The maximum atomic E-state index is 14.1. The molecule has 1 N–H and O–H groups in total. The molecule has 2 aromatic carbocycles. The normalized spacial score (nSPS) is 20.0. The molecule has 6 rings (SSSR count). The number of amides is 4. The van der Waals surface area contributed by atoms with E-state index in [2.05, 4.69) is 10.2 Å². The van der Waals surface area contributed by atoms with Crippen molar-refractivity contribution in [2.75, 3.05) is 71.5 Å². The van der Waals surface area contributed by atoms with E-state index < -0.39 is 18.2 Å². The van der Waals surface area contributed by atoms with Gasteiger partial charge in [-0.15, -0.1) is 0 Å². The second-order valence-corrected chi connectivity index (χ2v) is 13.6. The van der Waals surface area contributed by atoms with Crippen LogP contribution in [0.15, 0.2) is 36.4 Å². The Hall–Kier alpha value is -4.36. The van der Waals surface area contributed by atoms with E-state index in [1.54, 1.807) is 22.8 Å². The van der Waals surface area contributed by atoms with Crippen molar-refractivity contribution >= 4 is 29.7 Å². The number of benzene rings is 2. The monoisotopic (exact) mass is 691 g/mol. The topological polar surface area (TPSA) is 130 Å². The molecular formula is C37H49N5O8. The minimum Gasteiger partial charge on any atom is -0.493 e. The number of piperazine rings is 1. The molecule has 1 atom stereocenters. The quantitative estimate of drug-likeness (QED) is 0.324. The number of likely N-dealkylation sites (tertiary alicyclic amines) is 1. The second-order valence-electron chi connectivity index (χ2n) is 13.6. The highest BCUT2D eigenvalue weighted by molar-refractivity contribution is 5.91. The summed E-state index contributed by atoms with van der Waals surface area (Å²) in [6.07, 6.45) is 2.49. The fraction of sp³-hybridized carbons (Fsp3) is 0.568. The maximum absolute atomic E-state index is 14.1. The smallest absolute Gasteiger partial charge is 0.410 e. The molecule has 4 aliphatic heterocycles. The Balaban J connectivity index is 1.12. The van der Waals surface area contributed by atoms with E-state index in [-0.39, 0.29) is 24.4 Å². The fourth-order valence-corrected chi connectivity index (χ4v) is 7.61. The fourth-order valence-electron chi connectivity index (χ4n) is 7.61. The van der Waals surface area contributed by atoms with Crippen molar-refractivity contribution in [2.24, 2.45) is 0 Å². The molecule has 13 nitrogen and oxygen atoms in total. The first-order valence-corrected chi connectivity index (χ1v) is 17.8. The number of nitrogens with zero attached hydrogens (tertiary/aromatic N) is 4. The van der Waals surface area contributed by atoms with Crippen molar-refractivity contribution < 1.29 is 38.1 Å². The van der Waals surface area contributed by atoms with Crippen LogP contribution in [-0.4, -0.2) is 128 Å². The third-order valence-electron chi connectivity index (χ3n) is 10.3. The highest BCUT2D eigenvalue weighted by Crippen LogP contribution is 2.34. The Morgan fingerprint density at radius 1 is 0.920 bits per heavy atom. The number of urea groups is 1. The van der Waals surface area contributed by atoms with Crippen LogP contribution in [0.2, 0.25) is 0 Å². The predicted molar refractivity (Wildman–Crippen MR) is 185 cm³/mol. The van der Waals surface area contributed by atoms with Crippen LogP contribution in [0, 0.1) is 6.92 Å². The lowest BCUT2D eigenvalue weighted by Crippen LogP contribution is -2.56. The summed E-state index contributed by atoms with van der Waals surface area (Å²) in [5.41, 5.74) is 3.34. The van der Waals surface area contributed by atoms with E-state index in [1.807, 2.05) is 35.2 Å².